The summed E-state index contributed by atoms with van der Waals surface area (Å²) >= 11 is 0. The molecule has 0 bridgehead atoms. The van der Waals surface area contributed by atoms with Gasteiger partial charge in [-0.15, -0.1) is 0 Å². The highest BCUT2D eigenvalue weighted by atomic mass is 16.3. The number of rotatable bonds is 3. The van der Waals surface area contributed by atoms with Crippen molar-refractivity contribution in [2.45, 2.75) is 6.92 Å². The number of imidazole rings is 1. The minimum atomic E-state index is -0.111. The van der Waals surface area contributed by atoms with E-state index in [1.807, 2.05) is 13.0 Å². The SMILES string of the molecule is CCN(C(=O)c1ccc2nc[nH]c2c1)c1cccc(O)c1. The molecule has 3 aromatic rings. The minimum Gasteiger partial charge on any atom is -0.508 e. The molecule has 0 fully saturated rings. The number of aromatic hydroxyl groups is 1. The summed E-state index contributed by atoms with van der Waals surface area (Å²) in [6, 6.07) is 12.0. The van der Waals surface area contributed by atoms with Crippen LogP contribution in [0.2, 0.25) is 0 Å². The van der Waals surface area contributed by atoms with Crippen LogP contribution in [0, 0.1) is 0 Å². The van der Waals surface area contributed by atoms with Gasteiger partial charge in [0.2, 0.25) is 0 Å². The van der Waals surface area contributed by atoms with Crippen LogP contribution in [0.25, 0.3) is 11.0 Å². The van der Waals surface area contributed by atoms with Crippen LogP contribution in [0.5, 0.6) is 5.75 Å². The van der Waals surface area contributed by atoms with Crippen molar-refractivity contribution in [2.75, 3.05) is 11.4 Å². The van der Waals surface area contributed by atoms with Crippen molar-refractivity contribution in [3.05, 3.63) is 54.4 Å². The Balaban J connectivity index is 1.98. The number of fused-ring (bicyclic) bond motifs is 1. The molecule has 0 saturated carbocycles. The Bertz CT molecular complexity index is 795. The van der Waals surface area contributed by atoms with Gasteiger partial charge in [-0.3, -0.25) is 4.79 Å². The monoisotopic (exact) mass is 281 g/mol. The van der Waals surface area contributed by atoms with E-state index < -0.39 is 0 Å². The van der Waals surface area contributed by atoms with Crippen LogP contribution in [0.15, 0.2) is 48.8 Å². The van der Waals surface area contributed by atoms with Crippen molar-refractivity contribution in [2.24, 2.45) is 0 Å². The molecule has 0 atom stereocenters. The Morgan fingerprint density at radius 3 is 2.90 bits per heavy atom. The molecule has 0 aliphatic rings. The van der Waals surface area contributed by atoms with Crippen molar-refractivity contribution >= 4 is 22.6 Å². The van der Waals surface area contributed by atoms with Gasteiger partial charge >= 0.3 is 0 Å². The molecule has 3 rings (SSSR count). The highest BCUT2D eigenvalue weighted by molar-refractivity contribution is 6.07. The molecule has 1 heterocycles. The van der Waals surface area contributed by atoms with Crippen LogP contribution >= 0.6 is 0 Å². The molecule has 0 aliphatic carbocycles. The zero-order valence-electron chi connectivity index (χ0n) is 11.6. The molecule has 1 amide bonds. The lowest BCUT2D eigenvalue weighted by Gasteiger charge is -2.21. The topological polar surface area (TPSA) is 69.2 Å². The summed E-state index contributed by atoms with van der Waals surface area (Å²) < 4.78 is 0. The molecule has 0 aliphatic heterocycles. The Hall–Kier alpha value is -2.82. The number of aromatic nitrogens is 2. The maximum absolute atomic E-state index is 12.7. The number of benzene rings is 2. The molecule has 0 radical (unpaired) electrons. The standard InChI is InChI=1S/C16H15N3O2/c1-2-19(12-4-3-5-13(20)9-12)16(21)11-6-7-14-15(8-11)18-10-17-14/h3-10,20H,2H2,1H3,(H,17,18). The normalized spacial score (nSPS) is 10.7. The van der Waals surface area contributed by atoms with Crippen molar-refractivity contribution in [3.8, 4) is 5.75 Å². The Kier molecular flexibility index (Phi) is 3.31. The number of hydrogen-bond donors (Lipinski definition) is 2. The summed E-state index contributed by atoms with van der Waals surface area (Å²) in [6.45, 7) is 2.42. The molecule has 2 aromatic carbocycles. The third-order valence-electron chi connectivity index (χ3n) is 3.37. The summed E-state index contributed by atoms with van der Waals surface area (Å²) in [5, 5.41) is 9.57. The average molecular weight is 281 g/mol. The predicted molar refractivity (Wildman–Crippen MR) is 81.6 cm³/mol. The van der Waals surface area contributed by atoms with Crippen LogP contribution in [0.1, 0.15) is 17.3 Å². The molecule has 106 valence electrons. The lowest BCUT2D eigenvalue weighted by Crippen LogP contribution is -2.30. The van der Waals surface area contributed by atoms with E-state index in [0.717, 1.165) is 11.0 Å². The van der Waals surface area contributed by atoms with E-state index in [0.29, 0.717) is 17.8 Å². The zero-order chi connectivity index (χ0) is 14.8. The van der Waals surface area contributed by atoms with Crippen LogP contribution in [-0.4, -0.2) is 27.5 Å². The maximum atomic E-state index is 12.7. The molecule has 0 saturated heterocycles. The van der Waals surface area contributed by atoms with Gasteiger partial charge in [-0.05, 0) is 37.3 Å². The number of anilines is 1. The number of carbonyl (C=O) groups excluding carboxylic acids is 1. The molecule has 0 unspecified atom stereocenters. The largest absolute Gasteiger partial charge is 0.508 e. The van der Waals surface area contributed by atoms with Gasteiger partial charge in [0.05, 0.1) is 17.4 Å². The van der Waals surface area contributed by atoms with Gasteiger partial charge in [0.25, 0.3) is 5.91 Å². The second kappa shape index (κ2) is 5.28. The first-order chi connectivity index (χ1) is 10.2. The van der Waals surface area contributed by atoms with E-state index in [1.54, 1.807) is 47.6 Å². The smallest absolute Gasteiger partial charge is 0.258 e. The molecular formula is C16H15N3O2. The van der Waals surface area contributed by atoms with Gasteiger partial charge < -0.3 is 15.0 Å². The fourth-order valence-corrected chi connectivity index (χ4v) is 2.33. The first-order valence-corrected chi connectivity index (χ1v) is 6.73. The molecular weight excluding hydrogens is 266 g/mol. The molecule has 5 heteroatoms. The van der Waals surface area contributed by atoms with Crippen LogP contribution in [-0.2, 0) is 0 Å². The van der Waals surface area contributed by atoms with E-state index in [1.165, 1.54) is 0 Å². The van der Waals surface area contributed by atoms with E-state index in [-0.39, 0.29) is 11.7 Å². The van der Waals surface area contributed by atoms with Crippen molar-refractivity contribution < 1.29 is 9.90 Å². The number of phenols is 1. The number of aromatic amines is 1. The number of H-pyrrole nitrogens is 1. The van der Waals surface area contributed by atoms with E-state index in [2.05, 4.69) is 9.97 Å². The van der Waals surface area contributed by atoms with Crippen molar-refractivity contribution in [1.29, 1.82) is 0 Å². The number of phenolic OH excluding ortho intramolecular Hbond substituents is 1. The fraction of sp³-hybridized carbons (Fsp3) is 0.125. The number of nitrogens with one attached hydrogen (secondary N) is 1. The Morgan fingerprint density at radius 1 is 1.29 bits per heavy atom. The average Bonchev–Trinajstić information content (AvgIpc) is 2.95. The highest BCUT2D eigenvalue weighted by Crippen LogP contribution is 2.22. The second-order valence-corrected chi connectivity index (χ2v) is 4.70. The zero-order valence-corrected chi connectivity index (χ0v) is 11.6. The van der Waals surface area contributed by atoms with Gasteiger partial charge in [-0.1, -0.05) is 6.07 Å². The number of hydrogen-bond acceptors (Lipinski definition) is 3. The first-order valence-electron chi connectivity index (χ1n) is 6.73. The lowest BCUT2D eigenvalue weighted by molar-refractivity contribution is 0.0988. The van der Waals surface area contributed by atoms with Gasteiger partial charge in [-0.2, -0.15) is 0 Å². The number of carbonyl (C=O) groups is 1. The van der Waals surface area contributed by atoms with E-state index in [4.69, 9.17) is 0 Å². The quantitative estimate of drug-likeness (QED) is 0.775. The minimum absolute atomic E-state index is 0.111. The number of nitrogens with zero attached hydrogens (tertiary/aromatic N) is 2. The second-order valence-electron chi connectivity index (χ2n) is 4.70. The van der Waals surface area contributed by atoms with Crippen LogP contribution in [0.3, 0.4) is 0 Å². The van der Waals surface area contributed by atoms with Gasteiger partial charge in [-0.25, -0.2) is 4.98 Å². The summed E-state index contributed by atoms with van der Waals surface area (Å²) in [4.78, 5) is 21.4. The van der Waals surface area contributed by atoms with Crippen LogP contribution < -0.4 is 4.90 Å². The van der Waals surface area contributed by atoms with E-state index in [9.17, 15) is 9.90 Å². The first kappa shape index (κ1) is 13.2. The van der Waals surface area contributed by atoms with Crippen LogP contribution in [0.4, 0.5) is 5.69 Å². The Morgan fingerprint density at radius 2 is 2.14 bits per heavy atom. The fourth-order valence-electron chi connectivity index (χ4n) is 2.33. The third kappa shape index (κ3) is 2.45. The lowest BCUT2D eigenvalue weighted by atomic mass is 10.1. The molecule has 2 N–H and O–H groups in total. The van der Waals surface area contributed by atoms with Crippen molar-refractivity contribution in [3.63, 3.8) is 0 Å². The third-order valence-corrected chi connectivity index (χ3v) is 3.37. The van der Waals surface area contributed by atoms with Gasteiger partial charge in [0.15, 0.2) is 0 Å². The summed E-state index contributed by atoms with van der Waals surface area (Å²) in [7, 11) is 0. The van der Waals surface area contributed by atoms with Crippen molar-refractivity contribution in [1.82, 2.24) is 9.97 Å². The highest BCUT2D eigenvalue weighted by Gasteiger charge is 2.17. The van der Waals surface area contributed by atoms with Gasteiger partial charge in [0.1, 0.15) is 5.75 Å². The summed E-state index contributed by atoms with van der Waals surface area (Å²) in [5.74, 6) is 0.0300. The molecule has 5 nitrogen and oxygen atoms in total. The molecule has 21 heavy (non-hydrogen) atoms. The number of amides is 1. The predicted octanol–water partition coefficient (Wildman–Crippen LogP) is 2.94. The maximum Gasteiger partial charge on any atom is 0.258 e. The molecule has 0 spiro atoms. The summed E-state index contributed by atoms with van der Waals surface area (Å²) in [5.41, 5.74) is 2.91. The molecule has 1 aromatic heterocycles. The Labute approximate surface area is 121 Å². The van der Waals surface area contributed by atoms with E-state index >= 15 is 0 Å². The summed E-state index contributed by atoms with van der Waals surface area (Å²) in [6.07, 6.45) is 1.60. The van der Waals surface area contributed by atoms with Gasteiger partial charge in [0, 0.05) is 23.9 Å².